The smallest absolute Gasteiger partial charge is 0.459 e. The minimum Gasteiger partial charge on any atom is -0.468 e. The second-order valence-corrected chi connectivity index (χ2v) is 9.43. The zero-order chi connectivity index (χ0) is 23.4. The van der Waals surface area contributed by atoms with Crippen LogP contribution in [0.15, 0.2) is 61.1 Å². The van der Waals surface area contributed by atoms with Gasteiger partial charge in [-0.3, -0.25) is 9.32 Å². The van der Waals surface area contributed by atoms with Gasteiger partial charge in [0.05, 0.1) is 25.1 Å². The van der Waals surface area contributed by atoms with E-state index in [0.717, 1.165) is 11.0 Å². The predicted molar refractivity (Wildman–Crippen MR) is 123 cm³/mol. The number of ether oxygens (including phenoxy) is 1. The molecule has 0 aliphatic heterocycles. The van der Waals surface area contributed by atoms with Gasteiger partial charge in [-0.25, -0.2) is 14.5 Å². The number of hydrogen-bond acceptors (Lipinski definition) is 8. The lowest BCUT2D eigenvalue weighted by Crippen LogP contribution is -2.34. The van der Waals surface area contributed by atoms with Gasteiger partial charge >= 0.3 is 13.7 Å². The van der Waals surface area contributed by atoms with Crippen LogP contribution >= 0.6 is 7.75 Å². The lowest BCUT2D eigenvalue weighted by atomic mass is 10.1. The lowest BCUT2D eigenvalue weighted by Gasteiger charge is -2.23. The molecule has 4 rings (SSSR count). The zero-order valence-electron chi connectivity index (χ0n) is 18.3. The van der Waals surface area contributed by atoms with Crippen molar-refractivity contribution in [2.45, 2.75) is 25.4 Å². The highest BCUT2D eigenvalue weighted by molar-refractivity contribution is 7.52. The quantitative estimate of drug-likeness (QED) is 0.273. The topological polar surface area (TPSA) is 131 Å². The Bertz CT molecular complexity index is 1200. The van der Waals surface area contributed by atoms with E-state index in [1.165, 1.54) is 20.4 Å². The Morgan fingerprint density at radius 1 is 1.27 bits per heavy atom. The van der Waals surface area contributed by atoms with Crippen molar-refractivity contribution in [1.82, 2.24) is 19.6 Å². The fourth-order valence-corrected chi connectivity index (χ4v) is 5.26. The van der Waals surface area contributed by atoms with E-state index in [4.69, 9.17) is 19.5 Å². The number of aromatic nitrogens is 3. The number of carbonyl (C=O) groups excluding carboxylic acids is 1. The molecule has 1 aliphatic carbocycles. The number of anilines is 1. The van der Waals surface area contributed by atoms with Crippen LogP contribution in [0, 0.1) is 5.92 Å². The summed E-state index contributed by atoms with van der Waals surface area (Å²) in [6.07, 6.45) is 8.15. The monoisotopic (exact) mass is 471 g/mol. The lowest BCUT2D eigenvalue weighted by molar-refractivity contribution is -0.142. The number of para-hydroxylation sites is 1. The Morgan fingerprint density at radius 3 is 2.82 bits per heavy atom. The van der Waals surface area contributed by atoms with Crippen molar-refractivity contribution in [3.63, 3.8) is 0 Å². The van der Waals surface area contributed by atoms with Crippen LogP contribution in [0.1, 0.15) is 19.4 Å². The summed E-state index contributed by atoms with van der Waals surface area (Å²) in [5.41, 5.74) is 6.69. The molecule has 2 aromatic heterocycles. The van der Waals surface area contributed by atoms with Crippen LogP contribution in [-0.4, -0.2) is 40.3 Å². The Kier molecular flexibility index (Phi) is 6.78. The molecule has 1 unspecified atom stereocenters. The third-order valence-electron chi connectivity index (χ3n) is 5.38. The van der Waals surface area contributed by atoms with Crippen LogP contribution in [0.3, 0.4) is 0 Å². The number of esters is 1. The molecule has 1 aromatic carbocycles. The highest BCUT2D eigenvalue weighted by atomic mass is 31.2. The normalized spacial score (nSPS) is 20.4. The van der Waals surface area contributed by atoms with Gasteiger partial charge in [0, 0.05) is 12.1 Å². The molecule has 0 saturated carbocycles. The van der Waals surface area contributed by atoms with E-state index in [1.54, 1.807) is 24.3 Å². The fraction of sp³-hybridized carbons (Fsp3) is 0.318. The number of nitrogens with one attached hydrogen (secondary N) is 1. The van der Waals surface area contributed by atoms with E-state index >= 15 is 0 Å². The summed E-state index contributed by atoms with van der Waals surface area (Å²) in [7, 11) is -2.61. The van der Waals surface area contributed by atoms with E-state index in [9.17, 15) is 9.36 Å². The first-order valence-corrected chi connectivity index (χ1v) is 12.0. The number of allylic oxidation sites excluding steroid dienone is 1. The number of methoxy groups -OCH3 is 1. The largest absolute Gasteiger partial charge is 0.468 e. The Morgan fingerprint density at radius 2 is 2.06 bits per heavy atom. The van der Waals surface area contributed by atoms with E-state index in [-0.39, 0.29) is 18.6 Å². The predicted octanol–water partition coefficient (Wildman–Crippen LogP) is 3.49. The van der Waals surface area contributed by atoms with Crippen molar-refractivity contribution in [1.29, 1.82) is 0 Å². The van der Waals surface area contributed by atoms with Crippen LogP contribution in [0.2, 0.25) is 0 Å². The minimum absolute atomic E-state index is 0.0189. The molecule has 1 aliphatic rings. The molecule has 11 heteroatoms. The standard InChI is InChI=1S/C22H26N5O5P/c1-15(22(28)30-2)26-33(29,32-18-6-4-3-5-7-18)31-13-16-8-9-17(12-16)27-11-10-19-20(23)24-14-25-21(19)27/h3-11,14-17H,12-13H2,1-2H3,(H,26,29)(H2,23,24,25)/t15-,16+,17-,33?/m0/s1. The highest BCUT2D eigenvalue weighted by Crippen LogP contribution is 2.46. The van der Waals surface area contributed by atoms with Gasteiger partial charge in [-0.05, 0) is 31.5 Å². The summed E-state index contributed by atoms with van der Waals surface area (Å²) >= 11 is 0. The molecule has 4 atom stereocenters. The van der Waals surface area contributed by atoms with Gasteiger partial charge in [0.2, 0.25) is 0 Å². The van der Waals surface area contributed by atoms with Crippen LogP contribution < -0.4 is 15.3 Å². The van der Waals surface area contributed by atoms with Crippen LogP contribution in [0.4, 0.5) is 5.82 Å². The fourth-order valence-electron chi connectivity index (χ4n) is 3.71. The molecule has 174 valence electrons. The maximum atomic E-state index is 13.5. The third-order valence-corrected chi connectivity index (χ3v) is 7.02. The molecule has 0 bridgehead atoms. The highest BCUT2D eigenvalue weighted by Gasteiger charge is 2.33. The van der Waals surface area contributed by atoms with Gasteiger partial charge in [0.25, 0.3) is 0 Å². The van der Waals surface area contributed by atoms with E-state index < -0.39 is 19.8 Å². The summed E-state index contributed by atoms with van der Waals surface area (Å²) in [4.78, 5) is 20.2. The summed E-state index contributed by atoms with van der Waals surface area (Å²) in [5.74, 6) is 0.207. The first kappa shape index (κ1) is 23.0. The second kappa shape index (κ2) is 9.74. The molecule has 2 heterocycles. The maximum absolute atomic E-state index is 13.5. The van der Waals surface area contributed by atoms with Crippen LogP contribution in [0.5, 0.6) is 5.75 Å². The Labute approximate surface area is 191 Å². The molecule has 0 fully saturated rings. The van der Waals surface area contributed by atoms with Gasteiger partial charge in [0.1, 0.15) is 29.6 Å². The average Bonchev–Trinajstić information content (AvgIpc) is 3.45. The van der Waals surface area contributed by atoms with Crippen molar-refractivity contribution in [3.8, 4) is 5.75 Å². The maximum Gasteiger partial charge on any atom is 0.459 e. The van der Waals surface area contributed by atoms with Gasteiger partial charge < -0.3 is 19.6 Å². The molecule has 3 aromatic rings. The van der Waals surface area contributed by atoms with E-state index in [0.29, 0.717) is 18.0 Å². The van der Waals surface area contributed by atoms with Crippen molar-refractivity contribution in [2.75, 3.05) is 19.5 Å². The molecule has 10 nitrogen and oxygen atoms in total. The molecule has 0 saturated heterocycles. The van der Waals surface area contributed by atoms with Gasteiger partial charge in [-0.2, -0.15) is 5.09 Å². The van der Waals surface area contributed by atoms with Gasteiger partial charge in [-0.15, -0.1) is 0 Å². The van der Waals surface area contributed by atoms with Crippen molar-refractivity contribution < 1.29 is 23.1 Å². The van der Waals surface area contributed by atoms with E-state index in [1.807, 2.05) is 29.0 Å². The summed E-state index contributed by atoms with van der Waals surface area (Å²) in [6, 6.07) is 9.71. The Balaban J connectivity index is 1.44. The van der Waals surface area contributed by atoms with Crippen LogP contribution in [-0.2, 0) is 18.6 Å². The molecule has 0 radical (unpaired) electrons. The SMILES string of the molecule is COC(=O)[C@H](C)NP(=O)(OC[C@@H]1C=C[C@H](n2ccc3c(N)ncnc32)C1)Oc1ccccc1. The Hall–Kier alpha value is -3.20. The number of nitrogen functional groups attached to an aromatic ring is 1. The zero-order valence-corrected chi connectivity index (χ0v) is 19.2. The number of hydrogen-bond donors (Lipinski definition) is 2. The molecular weight excluding hydrogens is 445 g/mol. The number of fused-ring (bicyclic) bond motifs is 1. The van der Waals surface area contributed by atoms with Crippen molar-refractivity contribution >= 4 is 30.6 Å². The van der Waals surface area contributed by atoms with Crippen molar-refractivity contribution in [3.05, 3.63) is 61.1 Å². The molecular formula is C22H26N5O5P. The van der Waals surface area contributed by atoms with Gasteiger partial charge in [-0.1, -0.05) is 30.4 Å². The summed E-state index contributed by atoms with van der Waals surface area (Å²) in [5, 5.41) is 3.46. The molecule has 0 amide bonds. The van der Waals surface area contributed by atoms with Crippen molar-refractivity contribution in [2.24, 2.45) is 5.92 Å². The number of nitrogens with zero attached hydrogens (tertiary/aromatic N) is 3. The van der Waals surface area contributed by atoms with Gasteiger partial charge in [0.15, 0.2) is 0 Å². The first-order valence-electron chi connectivity index (χ1n) is 10.5. The average molecular weight is 471 g/mol. The number of benzene rings is 1. The number of carbonyl (C=O) groups is 1. The third kappa shape index (κ3) is 5.24. The summed E-state index contributed by atoms with van der Waals surface area (Å²) < 4.78 is 31.6. The minimum atomic E-state index is -3.87. The molecule has 33 heavy (non-hydrogen) atoms. The first-order chi connectivity index (χ1) is 15.9. The summed E-state index contributed by atoms with van der Waals surface area (Å²) in [6.45, 7) is 1.67. The van der Waals surface area contributed by atoms with E-state index in [2.05, 4.69) is 21.1 Å². The number of nitrogens with two attached hydrogens (primary N) is 1. The molecule has 0 spiro atoms. The van der Waals surface area contributed by atoms with Crippen LogP contribution in [0.25, 0.3) is 11.0 Å². The molecule has 3 N–H and O–H groups in total. The second-order valence-electron chi connectivity index (χ2n) is 7.74. The number of rotatable bonds is 9.